The highest BCUT2D eigenvalue weighted by atomic mass is 16.8. The molecule has 314 valence electrons. The zero-order valence-electron chi connectivity index (χ0n) is 35.1. The molecule has 17 atom stereocenters. The summed E-state index contributed by atoms with van der Waals surface area (Å²) in [5.41, 5.74) is -1.92. The summed E-state index contributed by atoms with van der Waals surface area (Å²) < 4.78 is 50.3. The molecular formula is C43H64O13. The highest BCUT2D eigenvalue weighted by Crippen LogP contribution is 2.90. The number of fused-ring (bicyclic) bond motifs is 4. The summed E-state index contributed by atoms with van der Waals surface area (Å²) >= 11 is 0. The van der Waals surface area contributed by atoms with E-state index in [1.54, 1.807) is 0 Å². The van der Waals surface area contributed by atoms with Crippen LogP contribution in [0.5, 0.6) is 0 Å². The van der Waals surface area contributed by atoms with Crippen molar-refractivity contribution in [3.05, 3.63) is 0 Å². The number of aliphatic hydroxyl groups is 1. The van der Waals surface area contributed by atoms with Crippen molar-refractivity contribution < 1.29 is 62.2 Å². The summed E-state index contributed by atoms with van der Waals surface area (Å²) in [6.45, 7) is 20.5. The summed E-state index contributed by atoms with van der Waals surface area (Å²) in [7, 11) is 0. The van der Waals surface area contributed by atoms with Crippen LogP contribution in [0.1, 0.15) is 128 Å². The molecule has 13 heteroatoms. The average Bonchev–Trinajstić information content (AvgIpc) is 3.52. The second kappa shape index (κ2) is 12.8. The van der Waals surface area contributed by atoms with Crippen LogP contribution in [0.4, 0.5) is 0 Å². The maximum absolute atomic E-state index is 13.1. The molecule has 3 saturated heterocycles. The second-order valence-electron chi connectivity index (χ2n) is 20.7. The number of rotatable bonds is 7. The summed E-state index contributed by atoms with van der Waals surface area (Å²) in [6, 6.07) is 0. The van der Waals surface area contributed by atoms with Gasteiger partial charge in [0.15, 0.2) is 30.4 Å². The van der Waals surface area contributed by atoms with Crippen molar-refractivity contribution in [1.82, 2.24) is 0 Å². The Balaban J connectivity index is 1.11. The predicted octanol–water partition coefficient (Wildman–Crippen LogP) is 5.40. The molecule has 2 bridgehead atoms. The van der Waals surface area contributed by atoms with Gasteiger partial charge >= 0.3 is 23.9 Å². The van der Waals surface area contributed by atoms with Gasteiger partial charge in [-0.3, -0.25) is 19.2 Å². The number of ether oxygens (including phenoxy) is 8. The number of esters is 4. The number of hydrogen-bond acceptors (Lipinski definition) is 13. The minimum Gasteiger partial charge on any atom is -0.462 e. The molecule has 13 nitrogen and oxygen atoms in total. The fourth-order valence-electron chi connectivity index (χ4n) is 15.2. The first-order valence-electron chi connectivity index (χ1n) is 21.0. The molecule has 0 radical (unpaired) electrons. The lowest BCUT2D eigenvalue weighted by Crippen LogP contribution is -2.63. The van der Waals surface area contributed by atoms with Crippen molar-refractivity contribution in [2.24, 2.45) is 50.7 Å². The molecule has 1 N–H and O–H groups in total. The van der Waals surface area contributed by atoms with Gasteiger partial charge in [-0.25, -0.2) is 0 Å². The van der Waals surface area contributed by atoms with Crippen LogP contribution >= 0.6 is 0 Å². The van der Waals surface area contributed by atoms with Crippen molar-refractivity contribution in [2.75, 3.05) is 6.61 Å². The van der Waals surface area contributed by atoms with Crippen LogP contribution in [0, 0.1) is 50.7 Å². The predicted molar refractivity (Wildman–Crippen MR) is 197 cm³/mol. The molecule has 8 fully saturated rings. The van der Waals surface area contributed by atoms with Crippen LogP contribution < -0.4 is 0 Å². The Bertz CT molecular complexity index is 1660. The van der Waals surface area contributed by atoms with Gasteiger partial charge in [0.1, 0.15) is 12.2 Å². The van der Waals surface area contributed by atoms with E-state index in [0.29, 0.717) is 18.8 Å². The van der Waals surface area contributed by atoms with E-state index >= 15 is 0 Å². The minimum atomic E-state index is -1.17. The Morgan fingerprint density at radius 3 is 1.96 bits per heavy atom. The van der Waals surface area contributed by atoms with Gasteiger partial charge in [-0.1, -0.05) is 34.6 Å². The Kier molecular flexibility index (Phi) is 9.28. The van der Waals surface area contributed by atoms with Crippen molar-refractivity contribution >= 4 is 23.9 Å². The molecule has 3 aliphatic heterocycles. The summed E-state index contributed by atoms with van der Waals surface area (Å²) in [5, 5.41) is 11.2. The second-order valence-corrected chi connectivity index (χ2v) is 20.7. The van der Waals surface area contributed by atoms with Crippen molar-refractivity contribution in [3.63, 3.8) is 0 Å². The minimum absolute atomic E-state index is 0.0119. The normalized spacial score (nSPS) is 50.9. The molecular weight excluding hydrogens is 724 g/mol. The molecule has 0 aromatic carbocycles. The monoisotopic (exact) mass is 788 g/mol. The Labute approximate surface area is 330 Å². The number of carbonyl (C=O) groups excluding carboxylic acids is 4. The number of carbonyl (C=O) groups is 4. The van der Waals surface area contributed by atoms with Gasteiger partial charge in [0.05, 0.1) is 24.4 Å². The van der Waals surface area contributed by atoms with E-state index in [4.69, 9.17) is 37.9 Å². The molecule has 8 rings (SSSR count). The first kappa shape index (κ1) is 40.5. The SMILES string of the molecule is CC(=O)O[C@@H]1[C@H](O[C@@H]2CC[C@]34C[C@]35CC[C@]3(C)[C@@H]6[C@H](C)C[C@H]7O[C@]6(C[C@@]3(C)[C@H]5[C@H](OC(C)=O)C[C@@H]4C2(C)C)O[C@@H]7C(C)(C)O)OC[C@@H](OC(C)=O)[C@@H]1OC(C)=O. The quantitative estimate of drug-likeness (QED) is 0.198. The van der Waals surface area contributed by atoms with Crippen LogP contribution in [0.15, 0.2) is 0 Å². The maximum Gasteiger partial charge on any atom is 0.303 e. The third-order valence-electron chi connectivity index (χ3n) is 16.8. The Morgan fingerprint density at radius 1 is 0.714 bits per heavy atom. The molecule has 0 aromatic rings. The average molecular weight is 789 g/mol. The molecule has 0 unspecified atom stereocenters. The van der Waals surface area contributed by atoms with E-state index in [9.17, 15) is 24.3 Å². The standard InChI is InChI=1S/C43H64O13/c1-21-16-27-35(38(8,9)48)56-43(55-27)19-40(11)34-26(50-22(2)44)17-29-37(6,7)30(12-13-41(29)20-42(34,41)15-14-39(40,10)33(21)43)54-36-32(53-25(5)47)31(52-24(4)46)28(18-49-36)51-23(3)45/h21,26-36,48H,12-20H2,1-11H3/t21-,26-,27-,28-,29-,30-,31+,32+,33+,34-,35+,36+,39-,40+,41-,42+,43-/m1/s1. The maximum atomic E-state index is 13.1. The third-order valence-corrected chi connectivity index (χ3v) is 16.8. The highest BCUT2D eigenvalue weighted by molar-refractivity contribution is 5.68. The molecule has 3 heterocycles. The van der Waals surface area contributed by atoms with Crippen LogP contribution in [-0.2, 0) is 57.1 Å². The molecule has 5 saturated carbocycles. The van der Waals surface area contributed by atoms with E-state index in [1.807, 2.05) is 13.8 Å². The Hall–Kier alpha value is -2.32. The Morgan fingerprint density at radius 2 is 1.34 bits per heavy atom. The summed E-state index contributed by atoms with van der Waals surface area (Å²) in [5.74, 6) is -2.19. The zero-order valence-corrected chi connectivity index (χ0v) is 35.1. The molecule has 5 aliphatic carbocycles. The molecule has 56 heavy (non-hydrogen) atoms. The lowest BCUT2D eigenvalue weighted by Gasteiger charge is -2.64. The topological polar surface area (TPSA) is 162 Å². The van der Waals surface area contributed by atoms with Crippen LogP contribution in [0.25, 0.3) is 0 Å². The van der Waals surface area contributed by atoms with E-state index in [2.05, 4.69) is 34.6 Å². The first-order chi connectivity index (χ1) is 25.9. The van der Waals surface area contributed by atoms with Gasteiger partial charge in [-0.2, -0.15) is 0 Å². The van der Waals surface area contributed by atoms with E-state index in [0.717, 1.165) is 38.5 Å². The van der Waals surface area contributed by atoms with Crippen molar-refractivity contribution in [3.8, 4) is 0 Å². The van der Waals surface area contributed by atoms with E-state index in [1.165, 1.54) is 27.7 Å². The van der Waals surface area contributed by atoms with Crippen LogP contribution in [-0.4, -0.2) is 96.0 Å². The zero-order chi connectivity index (χ0) is 40.8. The smallest absolute Gasteiger partial charge is 0.303 e. The van der Waals surface area contributed by atoms with Gasteiger partial charge in [0.25, 0.3) is 0 Å². The molecule has 0 aromatic heterocycles. The summed E-state index contributed by atoms with van der Waals surface area (Å²) in [6.07, 6.45) is 1.34. The van der Waals surface area contributed by atoms with Crippen LogP contribution in [0.2, 0.25) is 0 Å². The van der Waals surface area contributed by atoms with Gasteiger partial charge in [0.2, 0.25) is 0 Å². The van der Waals surface area contributed by atoms with Gasteiger partial charge in [0, 0.05) is 46.0 Å². The highest BCUT2D eigenvalue weighted by Gasteiger charge is 2.87. The largest absolute Gasteiger partial charge is 0.462 e. The third kappa shape index (κ3) is 5.62. The van der Waals surface area contributed by atoms with E-state index in [-0.39, 0.29) is 70.3 Å². The van der Waals surface area contributed by atoms with Gasteiger partial charge < -0.3 is 43.0 Å². The van der Waals surface area contributed by atoms with Gasteiger partial charge in [-0.05, 0) is 97.7 Å². The fraction of sp³-hybridized carbons (Fsp3) is 0.907. The van der Waals surface area contributed by atoms with Crippen LogP contribution in [0.3, 0.4) is 0 Å². The lowest BCUT2D eigenvalue weighted by atomic mass is 9.41. The first-order valence-corrected chi connectivity index (χ1v) is 21.0. The number of hydrogen-bond donors (Lipinski definition) is 1. The van der Waals surface area contributed by atoms with Crippen molar-refractivity contribution in [2.45, 2.75) is 188 Å². The molecule has 3 spiro atoms. The summed E-state index contributed by atoms with van der Waals surface area (Å²) in [4.78, 5) is 49.7. The lowest BCUT2D eigenvalue weighted by molar-refractivity contribution is -0.309. The van der Waals surface area contributed by atoms with Crippen molar-refractivity contribution in [1.29, 1.82) is 0 Å². The van der Waals surface area contributed by atoms with E-state index < -0.39 is 65.4 Å². The fourth-order valence-corrected chi connectivity index (χ4v) is 15.2. The molecule has 8 aliphatic rings. The van der Waals surface area contributed by atoms with Gasteiger partial charge in [-0.15, -0.1) is 0 Å². The molecule has 0 amide bonds.